The molecule has 140 valence electrons. The molecule has 1 aliphatic rings. The minimum Gasteiger partial charge on any atom is -0.454 e. The zero-order valence-electron chi connectivity index (χ0n) is 14.3. The zero-order chi connectivity index (χ0) is 19.4. The first-order valence-electron chi connectivity index (χ1n) is 8.05. The summed E-state index contributed by atoms with van der Waals surface area (Å²) in [7, 11) is 0. The second kappa shape index (κ2) is 7.73. The van der Waals surface area contributed by atoms with E-state index in [4.69, 9.17) is 14.2 Å². The molecule has 1 heterocycles. The van der Waals surface area contributed by atoms with Crippen LogP contribution in [0.5, 0.6) is 11.5 Å². The number of ether oxygens (including phenoxy) is 3. The number of carbonyl (C=O) groups is 2. The lowest BCUT2D eigenvalue weighted by atomic mass is 10.2. The summed E-state index contributed by atoms with van der Waals surface area (Å²) in [6.07, 6.45) is -1.03. The highest BCUT2D eigenvalue weighted by Gasteiger charge is 2.20. The van der Waals surface area contributed by atoms with Crippen LogP contribution in [-0.2, 0) is 16.1 Å². The number of esters is 1. The van der Waals surface area contributed by atoms with Gasteiger partial charge in [0.2, 0.25) is 6.79 Å². The summed E-state index contributed by atoms with van der Waals surface area (Å²) in [5, 5.41) is 13.3. The minimum absolute atomic E-state index is 0.121. The zero-order valence-corrected chi connectivity index (χ0v) is 14.3. The Morgan fingerprint density at radius 2 is 1.89 bits per heavy atom. The smallest absolute Gasteiger partial charge is 0.338 e. The van der Waals surface area contributed by atoms with Gasteiger partial charge in [0.1, 0.15) is 0 Å². The lowest BCUT2D eigenvalue weighted by Crippen LogP contribution is -2.35. The molecule has 1 N–H and O–H groups in total. The van der Waals surface area contributed by atoms with E-state index in [2.05, 4.69) is 5.32 Å². The van der Waals surface area contributed by atoms with E-state index in [0.29, 0.717) is 11.5 Å². The Balaban J connectivity index is 1.52. The minimum atomic E-state index is -1.03. The molecule has 2 aromatic rings. The largest absolute Gasteiger partial charge is 0.454 e. The van der Waals surface area contributed by atoms with Crippen molar-refractivity contribution >= 4 is 17.6 Å². The van der Waals surface area contributed by atoms with Crippen LogP contribution < -0.4 is 14.8 Å². The van der Waals surface area contributed by atoms with E-state index in [-0.39, 0.29) is 24.6 Å². The molecule has 0 bridgehead atoms. The monoisotopic (exact) mass is 372 g/mol. The number of rotatable bonds is 6. The summed E-state index contributed by atoms with van der Waals surface area (Å²) in [4.78, 5) is 34.2. The summed E-state index contributed by atoms with van der Waals surface area (Å²) in [6.45, 7) is 1.84. The molecule has 9 nitrogen and oxygen atoms in total. The van der Waals surface area contributed by atoms with Crippen molar-refractivity contribution in [1.82, 2.24) is 5.32 Å². The van der Waals surface area contributed by atoms with Gasteiger partial charge >= 0.3 is 5.97 Å². The highest BCUT2D eigenvalue weighted by atomic mass is 16.7. The molecule has 1 amide bonds. The highest BCUT2D eigenvalue weighted by Crippen LogP contribution is 2.32. The lowest BCUT2D eigenvalue weighted by molar-refractivity contribution is -0.384. The number of fused-ring (bicyclic) bond motifs is 1. The fourth-order valence-electron chi connectivity index (χ4n) is 2.39. The molecule has 0 unspecified atom stereocenters. The average molecular weight is 372 g/mol. The van der Waals surface area contributed by atoms with Gasteiger partial charge in [-0.05, 0) is 36.8 Å². The van der Waals surface area contributed by atoms with E-state index >= 15 is 0 Å². The molecule has 1 aliphatic heterocycles. The summed E-state index contributed by atoms with van der Waals surface area (Å²) in [6, 6.07) is 10.2. The van der Waals surface area contributed by atoms with Crippen molar-refractivity contribution in [2.24, 2.45) is 0 Å². The Bertz CT molecular complexity index is 880. The fourth-order valence-corrected chi connectivity index (χ4v) is 2.39. The lowest BCUT2D eigenvalue weighted by Gasteiger charge is -2.13. The summed E-state index contributed by atoms with van der Waals surface area (Å²) in [5.74, 6) is 0.0495. The van der Waals surface area contributed by atoms with Crippen LogP contribution in [0.1, 0.15) is 22.8 Å². The predicted octanol–water partition coefficient (Wildman–Crippen LogP) is 2.19. The van der Waals surface area contributed by atoms with Crippen LogP contribution in [0.3, 0.4) is 0 Å². The number of carbonyl (C=O) groups excluding carboxylic acids is 2. The second-order valence-corrected chi connectivity index (χ2v) is 5.76. The van der Waals surface area contributed by atoms with E-state index in [9.17, 15) is 19.7 Å². The van der Waals surface area contributed by atoms with E-state index in [0.717, 1.165) is 5.56 Å². The number of hydrogen-bond donors (Lipinski definition) is 1. The normalized spacial score (nSPS) is 12.9. The molecule has 0 saturated carbocycles. The molecule has 27 heavy (non-hydrogen) atoms. The van der Waals surface area contributed by atoms with Gasteiger partial charge in [0.05, 0.1) is 10.5 Å². The second-order valence-electron chi connectivity index (χ2n) is 5.76. The number of nitro benzene ring substituents is 1. The van der Waals surface area contributed by atoms with Gasteiger partial charge in [-0.1, -0.05) is 6.07 Å². The maximum atomic E-state index is 12.1. The van der Waals surface area contributed by atoms with E-state index in [1.54, 1.807) is 18.2 Å². The number of nitrogens with zero attached hydrogens (tertiary/aromatic N) is 1. The van der Waals surface area contributed by atoms with Crippen LogP contribution in [0.2, 0.25) is 0 Å². The van der Waals surface area contributed by atoms with Crippen molar-refractivity contribution in [3.63, 3.8) is 0 Å². The first kappa shape index (κ1) is 18.2. The number of hydrogen-bond acceptors (Lipinski definition) is 7. The molecule has 1 atom stereocenters. The number of amides is 1. The molecule has 0 spiro atoms. The summed E-state index contributed by atoms with van der Waals surface area (Å²) >= 11 is 0. The third-order valence-electron chi connectivity index (χ3n) is 3.87. The van der Waals surface area contributed by atoms with Gasteiger partial charge < -0.3 is 19.5 Å². The van der Waals surface area contributed by atoms with E-state index in [1.807, 2.05) is 0 Å². The molecular formula is C18H16N2O7. The summed E-state index contributed by atoms with van der Waals surface area (Å²) in [5.41, 5.74) is 0.790. The Kier molecular flexibility index (Phi) is 5.20. The van der Waals surface area contributed by atoms with Crippen molar-refractivity contribution in [3.8, 4) is 11.5 Å². The Morgan fingerprint density at radius 1 is 1.19 bits per heavy atom. The molecule has 3 rings (SSSR count). The van der Waals surface area contributed by atoms with Gasteiger partial charge in [0.25, 0.3) is 11.6 Å². The SMILES string of the molecule is C[C@@H](OC(=O)c1ccc([N+](=O)[O-])cc1)C(=O)NCc1ccc2c(c1)OCO2. The average Bonchev–Trinajstić information content (AvgIpc) is 3.13. The molecule has 9 heteroatoms. The van der Waals surface area contributed by atoms with Gasteiger partial charge in [0, 0.05) is 18.7 Å². The number of nitrogens with one attached hydrogen (secondary N) is 1. The van der Waals surface area contributed by atoms with Gasteiger partial charge in [-0.2, -0.15) is 0 Å². The number of non-ortho nitro benzene ring substituents is 1. The summed E-state index contributed by atoms with van der Waals surface area (Å²) < 4.78 is 15.6. The number of benzene rings is 2. The molecular weight excluding hydrogens is 356 g/mol. The van der Waals surface area contributed by atoms with Gasteiger partial charge in [-0.3, -0.25) is 14.9 Å². The molecule has 0 fully saturated rings. The molecule has 0 aliphatic carbocycles. The van der Waals surface area contributed by atoms with Crippen molar-refractivity contribution in [2.75, 3.05) is 6.79 Å². The molecule has 0 radical (unpaired) electrons. The van der Waals surface area contributed by atoms with E-state index < -0.39 is 22.9 Å². The third-order valence-corrected chi connectivity index (χ3v) is 3.87. The number of nitro groups is 1. The topological polar surface area (TPSA) is 117 Å². The molecule has 2 aromatic carbocycles. The fraction of sp³-hybridized carbons (Fsp3) is 0.222. The van der Waals surface area contributed by atoms with Crippen molar-refractivity contribution in [1.29, 1.82) is 0 Å². The highest BCUT2D eigenvalue weighted by molar-refractivity contribution is 5.92. The first-order valence-corrected chi connectivity index (χ1v) is 8.05. The van der Waals surface area contributed by atoms with E-state index in [1.165, 1.54) is 31.2 Å². The van der Waals surface area contributed by atoms with Crippen LogP contribution in [-0.4, -0.2) is 29.7 Å². The molecule has 0 aromatic heterocycles. The maximum absolute atomic E-state index is 12.1. The van der Waals surface area contributed by atoms with Crippen molar-refractivity contribution < 1.29 is 28.7 Å². The standard InChI is InChI=1S/C18H16N2O7/c1-11(27-18(22)13-3-5-14(6-4-13)20(23)24)17(21)19-9-12-2-7-15-16(8-12)26-10-25-15/h2-8,11H,9-10H2,1H3,(H,19,21)/t11-/m1/s1. The van der Waals surface area contributed by atoms with Crippen LogP contribution in [0.25, 0.3) is 0 Å². The Morgan fingerprint density at radius 3 is 2.59 bits per heavy atom. The predicted molar refractivity (Wildman–Crippen MR) is 92.4 cm³/mol. The Hall–Kier alpha value is -3.62. The van der Waals surface area contributed by atoms with Gasteiger partial charge in [-0.25, -0.2) is 4.79 Å². The quantitative estimate of drug-likeness (QED) is 0.469. The first-order chi connectivity index (χ1) is 12.9. The van der Waals surface area contributed by atoms with Gasteiger partial charge in [0.15, 0.2) is 17.6 Å². The Labute approximate surface area is 154 Å². The van der Waals surface area contributed by atoms with Crippen LogP contribution in [0.15, 0.2) is 42.5 Å². The van der Waals surface area contributed by atoms with Crippen molar-refractivity contribution in [2.45, 2.75) is 19.6 Å². The van der Waals surface area contributed by atoms with Gasteiger partial charge in [-0.15, -0.1) is 0 Å². The van der Waals surface area contributed by atoms with Crippen LogP contribution in [0, 0.1) is 10.1 Å². The van der Waals surface area contributed by atoms with Crippen LogP contribution in [0.4, 0.5) is 5.69 Å². The maximum Gasteiger partial charge on any atom is 0.338 e. The van der Waals surface area contributed by atoms with Crippen LogP contribution >= 0.6 is 0 Å². The molecule has 0 saturated heterocycles. The third kappa shape index (κ3) is 4.32. The van der Waals surface area contributed by atoms with Crippen molar-refractivity contribution in [3.05, 3.63) is 63.7 Å².